The molecule has 0 atom stereocenters. The van der Waals surface area contributed by atoms with Gasteiger partial charge in [0.2, 0.25) is 5.91 Å². The summed E-state index contributed by atoms with van der Waals surface area (Å²) in [6.45, 7) is 2.05. The molecule has 0 unspecified atom stereocenters. The monoisotopic (exact) mass is 387 g/mol. The van der Waals surface area contributed by atoms with Gasteiger partial charge >= 0.3 is 6.03 Å². The van der Waals surface area contributed by atoms with Crippen molar-refractivity contribution in [3.05, 3.63) is 0 Å². The smallest absolute Gasteiger partial charge is 0.325 e. The molecule has 5 aliphatic carbocycles. The highest BCUT2D eigenvalue weighted by atomic mass is 16.2. The highest BCUT2D eigenvalue weighted by molar-refractivity contribution is 6.09. The van der Waals surface area contributed by atoms with Gasteiger partial charge in [0.05, 0.1) is 0 Å². The molecule has 1 spiro atoms. The molecule has 4 amide bonds. The van der Waals surface area contributed by atoms with Gasteiger partial charge in [0.15, 0.2) is 0 Å². The standard InChI is InChI=1S/C22H33N3O3/c1-2-14-3-5-22(6-4-14)19(27)25(20(28)24-22)13-18(26)23-21-10-15-7-16(11-21)9-17(8-15)12-21/h14-17H,2-13H2,1H3,(H,23,26)(H,24,28). The number of nitrogens with one attached hydrogen (secondary N) is 2. The number of nitrogens with zero attached hydrogens (tertiary/aromatic N) is 1. The number of hydrogen-bond acceptors (Lipinski definition) is 3. The molecule has 1 saturated heterocycles. The van der Waals surface area contributed by atoms with Crippen LogP contribution in [0.15, 0.2) is 0 Å². The van der Waals surface area contributed by atoms with Crippen LogP contribution in [0, 0.1) is 23.7 Å². The first kappa shape index (κ1) is 18.4. The van der Waals surface area contributed by atoms with Crippen molar-refractivity contribution in [2.75, 3.05) is 6.54 Å². The Hall–Kier alpha value is -1.59. The molecule has 6 heteroatoms. The van der Waals surface area contributed by atoms with Gasteiger partial charge in [-0.3, -0.25) is 14.5 Å². The normalized spacial score (nSPS) is 44.2. The van der Waals surface area contributed by atoms with Crippen molar-refractivity contribution in [2.24, 2.45) is 23.7 Å². The molecule has 1 aliphatic heterocycles. The first-order valence-corrected chi connectivity index (χ1v) is 11.4. The first-order chi connectivity index (χ1) is 13.4. The van der Waals surface area contributed by atoms with Crippen molar-refractivity contribution < 1.29 is 14.4 Å². The van der Waals surface area contributed by atoms with E-state index >= 15 is 0 Å². The molecule has 0 radical (unpaired) electrons. The molecule has 28 heavy (non-hydrogen) atoms. The van der Waals surface area contributed by atoms with Crippen molar-refractivity contribution in [2.45, 2.75) is 88.6 Å². The van der Waals surface area contributed by atoms with E-state index < -0.39 is 5.54 Å². The third-order valence-corrected chi connectivity index (χ3v) is 8.53. The molecule has 0 aromatic heterocycles. The summed E-state index contributed by atoms with van der Waals surface area (Å²) in [5, 5.41) is 6.22. The summed E-state index contributed by atoms with van der Waals surface area (Å²) in [5.74, 6) is 2.54. The van der Waals surface area contributed by atoms with Crippen LogP contribution in [0.1, 0.15) is 77.6 Å². The van der Waals surface area contributed by atoms with Gasteiger partial charge in [0, 0.05) is 5.54 Å². The Kier molecular flexibility index (Phi) is 4.25. The van der Waals surface area contributed by atoms with E-state index in [1.54, 1.807) is 0 Å². The average Bonchev–Trinajstić information content (AvgIpc) is 2.85. The Labute approximate surface area is 167 Å². The predicted octanol–water partition coefficient (Wildman–Crippen LogP) is 2.96. The van der Waals surface area contributed by atoms with Crippen molar-refractivity contribution in [3.63, 3.8) is 0 Å². The SMILES string of the molecule is CCC1CCC2(CC1)NC(=O)N(CC(=O)NC13CC4CC(CC(C4)C1)C3)C2=O. The van der Waals surface area contributed by atoms with E-state index in [-0.39, 0.29) is 29.9 Å². The fraction of sp³-hybridized carbons (Fsp3) is 0.864. The van der Waals surface area contributed by atoms with E-state index in [0.29, 0.717) is 18.8 Å². The van der Waals surface area contributed by atoms with Crippen LogP contribution in [0.3, 0.4) is 0 Å². The fourth-order valence-corrected chi connectivity index (χ4v) is 7.48. The highest BCUT2D eigenvalue weighted by Gasteiger charge is 2.54. The second-order valence-corrected chi connectivity index (χ2v) is 10.5. The minimum absolute atomic E-state index is 0.0814. The number of urea groups is 1. The Morgan fingerprint density at radius 2 is 1.64 bits per heavy atom. The van der Waals surface area contributed by atoms with Gasteiger partial charge in [-0.15, -0.1) is 0 Å². The van der Waals surface area contributed by atoms with Crippen LogP contribution in [0.5, 0.6) is 0 Å². The average molecular weight is 388 g/mol. The topological polar surface area (TPSA) is 78.5 Å². The van der Waals surface area contributed by atoms with Crippen LogP contribution in [0.4, 0.5) is 4.79 Å². The Morgan fingerprint density at radius 3 is 2.18 bits per heavy atom. The largest absolute Gasteiger partial charge is 0.349 e. The lowest BCUT2D eigenvalue weighted by Crippen LogP contribution is -2.61. The minimum atomic E-state index is -0.760. The summed E-state index contributed by atoms with van der Waals surface area (Å²) in [4.78, 5) is 39.6. The number of carbonyl (C=O) groups is 3. The molecule has 4 bridgehead atoms. The zero-order valence-electron chi connectivity index (χ0n) is 17.0. The highest BCUT2D eigenvalue weighted by Crippen LogP contribution is 2.55. The number of rotatable bonds is 4. The lowest BCUT2D eigenvalue weighted by Gasteiger charge is -2.56. The summed E-state index contributed by atoms with van der Waals surface area (Å²) in [6, 6.07) is -0.388. The van der Waals surface area contributed by atoms with Crippen LogP contribution < -0.4 is 10.6 Å². The maximum atomic E-state index is 13.0. The van der Waals surface area contributed by atoms with Crippen LogP contribution >= 0.6 is 0 Å². The van der Waals surface area contributed by atoms with Crippen molar-refractivity contribution >= 4 is 17.8 Å². The molecule has 1 heterocycles. The summed E-state index contributed by atoms with van der Waals surface area (Å²) in [7, 11) is 0. The quantitative estimate of drug-likeness (QED) is 0.728. The molecule has 5 saturated carbocycles. The van der Waals surface area contributed by atoms with E-state index in [4.69, 9.17) is 0 Å². The number of carbonyl (C=O) groups excluding carboxylic acids is 3. The van der Waals surface area contributed by atoms with Crippen LogP contribution in [0.25, 0.3) is 0 Å². The molecule has 154 valence electrons. The molecule has 6 nitrogen and oxygen atoms in total. The second kappa shape index (κ2) is 6.46. The fourth-order valence-electron chi connectivity index (χ4n) is 7.48. The van der Waals surface area contributed by atoms with Crippen molar-refractivity contribution in [1.29, 1.82) is 0 Å². The Balaban J connectivity index is 1.23. The molecule has 6 fully saturated rings. The van der Waals surface area contributed by atoms with Gasteiger partial charge in [0.1, 0.15) is 12.1 Å². The van der Waals surface area contributed by atoms with Crippen LogP contribution in [-0.2, 0) is 9.59 Å². The van der Waals surface area contributed by atoms with E-state index in [1.165, 1.54) is 24.2 Å². The van der Waals surface area contributed by atoms with Crippen LogP contribution in [0.2, 0.25) is 0 Å². The van der Waals surface area contributed by atoms with Gasteiger partial charge in [-0.25, -0.2) is 4.79 Å². The second-order valence-electron chi connectivity index (χ2n) is 10.5. The van der Waals surface area contributed by atoms with Gasteiger partial charge in [-0.2, -0.15) is 0 Å². The molecule has 6 aliphatic rings. The van der Waals surface area contributed by atoms with Crippen molar-refractivity contribution in [1.82, 2.24) is 15.5 Å². The summed E-state index contributed by atoms with van der Waals surface area (Å²) < 4.78 is 0. The van der Waals surface area contributed by atoms with Crippen molar-refractivity contribution in [3.8, 4) is 0 Å². The summed E-state index contributed by atoms with van der Waals surface area (Å²) in [6.07, 6.45) is 11.7. The maximum Gasteiger partial charge on any atom is 0.325 e. The summed E-state index contributed by atoms with van der Waals surface area (Å²) >= 11 is 0. The third-order valence-electron chi connectivity index (χ3n) is 8.53. The third kappa shape index (κ3) is 2.94. The van der Waals surface area contributed by atoms with E-state index in [1.807, 2.05) is 0 Å². The molecular formula is C22H33N3O3. The molecule has 0 aromatic rings. The van der Waals surface area contributed by atoms with Gasteiger partial charge in [-0.1, -0.05) is 13.3 Å². The maximum absolute atomic E-state index is 13.0. The molecule has 2 N–H and O–H groups in total. The Bertz CT molecular complexity index is 660. The number of hydrogen-bond donors (Lipinski definition) is 2. The molecule has 6 rings (SSSR count). The van der Waals surface area contributed by atoms with E-state index in [9.17, 15) is 14.4 Å². The number of amides is 4. The van der Waals surface area contributed by atoms with Gasteiger partial charge in [0.25, 0.3) is 5.91 Å². The zero-order valence-corrected chi connectivity index (χ0v) is 17.0. The molecule has 0 aromatic carbocycles. The lowest BCUT2D eigenvalue weighted by molar-refractivity contribution is -0.137. The van der Waals surface area contributed by atoms with E-state index in [2.05, 4.69) is 17.6 Å². The summed E-state index contributed by atoms with van der Waals surface area (Å²) in [5.41, 5.74) is -0.842. The first-order valence-electron chi connectivity index (χ1n) is 11.4. The van der Waals surface area contributed by atoms with Gasteiger partial charge < -0.3 is 10.6 Å². The van der Waals surface area contributed by atoms with Gasteiger partial charge in [-0.05, 0) is 87.9 Å². The molecular weight excluding hydrogens is 354 g/mol. The predicted molar refractivity (Wildman–Crippen MR) is 104 cm³/mol. The number of imide groups is 1. The van der Waals surface area contributed by atoms with E-state index in [0.717, 1.165) is 56.3 Å². The lowest BCUT2D eigenvalue weighted by atomic mass is 9.53. The minimum Gasteiger partial charge on any atom is -0.349 e. The Morgan fingerprint density at radius 1 is 1.07 bits per heavy atom. The zero-order chi connectivity index (χ0) is 19.5. The van der Waals surface area contributed by atoms with Crippen LogP contribution in [-0.4, -0.2) is 40.4 Å².